The summed E-state index contributed by atoms with van der Waals surface area (Å²) in [6.45, 7) is 3.03. The lowest BCUT2D eigenvalue weighted by atomic mass is 9.99. The highest BCUT2D eigenvalue weighted by atomic mass is 35.5. The Morgan fingerprint density at radius 1 is 0.972 bits per heavy atom. The van der Waals surface area contributed by atoms with E-state index in [-0.39, 0.29) is 16.6 Å². The normalized spacial score (nSPS) is 15.3. The molecule has 3 amide bonds. The van der Waals surface area contributed by atoms with E-state index in [0.717, 1.165) is 22.4 Å². The van der Waals surface area contributed by atoms with Gasteiger partial charge in [0.05, 0.1) is 12.8 Å². The average molecular weight is 502 g/mol. The summed E-state index contributed by atoms with van der Waals surface area (Å²) in [7, 11) is 1.47. The maximum Gasteiger partial charge on any atom is 0.283 e. The predicted octanol–water partition coefficient (Wildman–Crippen LogP) is 4.64. The smallest absolute Gasteiger partial charge is 0.283 e. The molecule has 0 fully saturated rings. The van der Waals surface area contributed by atoms with Crippen molar-refractivity contribution in [2.45, 2.75) is 19.9 Å². The molecule has 3 aromatic carbocycles. The van der Waals surface area contributed by atoms with Gasteiger partial charge in [-0.2, -0.15) is 0 Å². The molecule has 5 rings (SSSR count). The largest absolute Gasteiger partial charge is 0.495 e. The monoisotopic (exact) mass is 501 g/mol. The zero-order valence-electron chi connectivity index (χ0n) is 19.9. The average Bonchev–Trinajstić information content (AvgIpc) is 3.10. The van der Waals surface area contributed by atoms with Crippen molar-refractivity contribution in [2.75, 3.05) is 23.9 Å². The third kappa shape index (κ3) is 4.22. The molecule has 0 bridgehead atoms. The number of amides is 3. The summed E-state index contributed by atoms with van der Waals surface area (Å²) in [6, 6.07) is 20.2. The summed E-state index contributed by atoms with van der Waals surface area (Å²) >= 11 is 6.31. The van der Waals surface area contributed by atoms with Crippen molar-refractivity contribution < 1.29 is 19.1 Å². The highest BCUT2D eigenvalue weighted by Gasteiger charge is 2.40. The Kier molecular flexibility index (Phi) is 6.24. The molecule has 2 heterocycles. The topological polar surface area (TPSA) is 79.0 Å². The van der Waals surface area contributed by atoms with E-state index in [1.165, 1.54) is 12.7 Å². The summed E-state index contributed by atoms with van der Waals surface area (Å²) in [6.07, 6.45) is 0.803. The van der Waals surface area contributed by atoms with Gasteiger partial charge in [-0.25, -0.2) is 4.90 Å². The third-order valence-corrected chi connectivity index (χ3v) is 6.75. The van der Waals surface area contributed by atoms with Crippen LogP contribution in [0.5, 0.6) is 5.75 Å². The van der Waals surface area contributed by atoms with E-state index >= 15 is 0 Å². The second kappa shape index (κ2) is 9.51. The van der Waals surface area contributed by atoms with Crippen molar-refractivity contribution >= 4 is 40.7 Å². The highest BCUT2D eigenvalue weighted by molar-refractivity contribution is 6.53. The Balaban J connectivity index is 1.37. The van der Waals surface area contributed by atoms with E-state index in [9.17, 15) is 14.4 Å². The number of carbonyl (C=O) groups is 3. The maximum atomic E-state index is 13.3. The van der Waals surface area contributed by atoms with Crippen LogP contribution >= 0.6 is 11.6 Å². The number of hydrogen-bond acceptors (Lipinski definition) is 5. The number of fused-ring (bicyclic) bond motifs is 1. The van der Waals surface area contributed by atoms with E-state index in [1.54, 1.807) is 36.4 Å². The molecule has 0 aliphatic carbocycles. The molecule has 182 valence electrons. The van der Waals surface area contributed by atoms with E-state index in [1.807, 2.05) is 36.1 Å². The number of carbonyl (C=O) groups excluding carboxylic acids is 3. The van der Waals surface area contributed by atoms with Crippen molar-refractivity contribution in [1.82, 2.24) is 4.90 Å². The number of halogens is 1. The minimum absolute atomic E-state index is 0.0540. The molecular weight excluding hydrogens is 478 g/mol. The van der Waals surface area contributed by atoms with Gasteiger partial charge in [0.2, 0.25) is 0 Å². The Hall–Kier alpha value is -4.10. The molecule has 2 aliphatic heterocycles. The van der Waals surface area contributed by atoms with Crippen LogP contribution in [0.1, 0.15) is 27.0 Å². The van der Waals surface area contributed by atoms with Gasteiger partial charge in [0.1, 0.15) is 16.5 Å². The van der Waals surface area contributed by atoms with Crippen molar-refractivity contribution in [3.8, 4) is 5.75 Å². The van der Waals surface area contributed by atoms with Crippen LogP contribution in [0.15, 0.2) is 77.5 Å². The summed E-state index contributed by atoms with van der Waals surface area (Å²) in [4.78, 5) is 42.2. The number of nitrogens with zero attached hydrogens (tertiary/aromatic N) is 2. The molecule has 0 spiro atoms. The van der Waals surface area contributed by atoms with E-state index in [0.29, 0.717) is 35.8 Å². The van der Waals surface area contributed by atoms with E-state index in [4.69, 9.17) is 16.3 Å². The number of hydrogen-bond donors (Lipinski definition) is 1. The molecule has 3 aromatic rings. The zero-order valence-corrected chi connectivity index (χ0v) is 20.6. The SMILES string of the molecule is COc1ccc(C)cc1N1C(=O)C(Cl)=C(Nc2cccc(C(=O)N3CCc4ccccc4C3)c2)C1=O. The Labute approximate surface area is 213 Å². The Morgan fingerprint density at radius 2 is 1.75 bits per heavy atom. The number of aryl methyl sites for hydroxylation is 1. The lowest BCUT2D eigenvalue weighted by molar-refractivity contribution is -0.120. The number of methoxy groups -OCH3 is 1. The van der Waals surface area contributed by atoms with Crippen LogP contribution < -0.4 is 15.0 Å². The lowest BCUT2D eigenvalue weighted by Gasteiger charge is -2.29. The molecule has 1 N–H and O–H groups in total. The summed E-state index contributed by atoms with van der Waals surface area (Å²) < 4.78 is 5.35. The third-order valence-electron chi connectivity index (χ3n) is 6.40. The standard InChI is InChI=1S/C28H24ClN3O4/c1-17-10-11-23(36-2)22(14-17)32-27(34)24(29)25(28(32)35)30-21-9-5-8-19(15-21)26(33)31-13-12-18-6-3-4-7-20(18)16-31/h3-11,14-15,30H,12-13,16H2,1-2H3. The molecular formula is C28H24ClN3O4. The zero-order chi connectivity index (χ0) is 25.4. The van der Waals surface area contributed by atoms with Crippen molar-refractivity contribution in [1.29, 1.82) is 0 Å². The molecule has 36 heavy (non-hydrogen) atoms. The first-order chi connectivity index (χ1) is 17.4. The van der Waals surface area contributed by atoms with Crippen molar-refractivity contribution in [3.63, 3.8) is 0 Å². The van der Waals surface area contributed by atoms with Crippen LogP contribution in [0.25, 0.3) is 0 Å². The fourth-order valence-electron chi connectivity index (χ4n) is 4.53. The minimum Gasteiger partial charge on any atom is -0.495 e. The molecule has 8 heteroatoms. The van der Waals surface area contributed by atoms with Crippen molar-refractivity contribution in [2.24, 2.45) is 0 Å². The van der Waals surface area contributed by atoms with Gasteiger partial charge < -0.3 is 15.0 Å². The van der Waals surface area contributed by atoms with Gasteiger partial charge >= 0.3 is 0 Å². The van der Waals surface area contributed by atoms with Crippen LogP contribution in [-0.4, -0.2) is 36.3 Å². The fraction of sp³-hybridized carbons (Fsp3) is 0.179. The first-order valence-electron chi connectivity index (χ1n) is 11.5. The van der Waals surface area contributed by atoms with Gasteiger partial charge in [0.15, 0.2) is 0 Å². The van der Waals surface area contributed by atoms with E-state index < -0.39 is 11.8 Å². The van der Waals surface area contributed by atoms with Crippen LogP contribution in [-0.2, 0) is 22.6 Å². The van der Waals surface area contributed by atoms with E-state index in [2.05, 4.69) is 11.4 Å². The Morgan fingerprint density at radius 3 is 2.53 bits per heavy atom. The minimum atomic E-state index is -0.646. The van der Waals surface area contributed by atoms with Crippen LogP contribution in [0.4, 0.5) is 11.4 Å². The molecule has 0 aromatic heterocycles. The quantitative estimate of drug-likeness (QED) is 0.515. The molecule has 2 aliphatic rings. The second-order valence-electron chi connectivity index (χ2n) is 8.76. The van der Waals surface area contributed by atoms with Crippen molar-refractivity contribution in [3.05, 3.63) is 99.7 Å². The molecule has 0 saturated carbocycles. The lowest BCUT2D eigenvalue weighted by Crippen LogP contribution is -2.36. The van der Waals surface area contributed by atoms with Crippen LogP contribution in [0.2, 0.25) is 0 Å². The number of anilines is 2. The predicted molar refractivity (Wildman–Crippen MR) is 138 cm³/mol. The first kappa shape index (κ1) is 23.6. The number of imide groups is 1. The number of benzene rings is 3. The summed E-state index contributed by atoms with van der Waals surface area (Å²) in [5.74, 6) is -0.970. The van der Waals surface area contributed by atoms with Gasteiger partial charge in [0, 0.05) is 24.3 Å². The Bertz CT molecular complexity index is 1430. The van der Waals surface area contributed by atoms with Gasteiger partial charge in [-0.05, 0) is 60.4 Å². The van der Waals surface area contributed by atoms with Crippen LogP contribution in [0.3, 0.4) is 0 Å². The number of ether oxygens (including phenoxy) is 1. The maximum absolute atomic E-state index is 13.3. The molecule has 0 radical (unpaired) electrons. The molecule has 0 saturated heterocycles. The molecule has 7 nitrogen and oxygen atoms in total. The highest BCUT2D eigenvalue weighted by Crippen LogP contribution is 2.36. The first-order valence-corrected chi connectivity index (χ1v) is 11.9. The number of nitrogens with one attached hydrogen (secondary N) is 1. The van der Waals surface area contributed by atoms with Gasteiger partial charge in [0.25, 0.3) is 17.7 Å². The second-order valence-corrected chi connectivity index (χ2v) is 9.14. The number of rotatable bonds is 5. The fourth-order valence-corrected chi connectivity index (χ4v) is 4.74. The molecule has 0 unspecified atom stereocenters. The summed E-state index contributed by atoms with van der Waals surface area (Å²) in [5.41, 5.74) is 4.48. The molecule has 0 atom stereocenters. The van der Waals surface area contributed by atoms with Gasteiger partial charge in [-0.3, -0.25) is 14.4 Å². The van der Waals surface area contributed by atoms with Crippen LogP contribution in [0, 0.1) is 6.92 Å². The summed E-state index contributed by atoms with van der Waals surface area (Å²) in [5, 5.41) is 2.73. The van der Waals surface area contributed by atoms with Gasteiger partial charge in [-0.1, -0.05) is 48.0 Å². The van der Waals surface area contributed by atoms with Gasteiger partial charge in [-0.15, -0.1) is 0 Å².